The molecule has 0 bridgehead atoms. The highest BCUT2D eigenvalue weighted by Gasteiger charge is 2.23. The third-order valence-electron chi connectivity index (χ3n) is 3.35. The van der Waals surface area contributed by atoms with Gasteiger partial charge in [0.15, 0.2) is 0 Å². The van der Waals surface area contributed by atoms with Crippen LogP contribution in [0.15, 0.2) is 53.1 Å². The average Bonchev–Trinajstić information content (AvgIpc) is 2.80. The number of amides is 2. The first-order valence-electron chi connectivity index (χ1n) is 6.98. The van der Waals surface area contributed by atoms with Crippen molar-refractivity contribution >= 4 is 50.4 Å². The van der Waals surface area contributed by atoms with Crippen LogP contribution in [-0.2, 0) is 9.59 Å². The van der Waals surface area contributed by atoms with Crippen LogP contribution in [0.2, 0.25) is 0 Å². The van der Waals surface area contributed by atoms with Crippen molar-refractivity contribution in [3.63, 3.8) is 0 Å². The van der Waals surface area contributed by atoms with Gasteiger partial charge >= 0.3 is 0 Å². The monoisotopic (exact) mass is 371 g/mol. The largest absolute Gasteiger partial charge is 0.361 e. The molecular weight excluding hydrogens is 358 g/mol. The highest BCUT2D eigenvalue weighted by molar-refractivity contribution is 9.10. The number of carbonyl (C=O) groups excluding carboxylic acids is 2. The van der Waals surface area contributed by atoms with Crippen LogP contribution in [0.4, 0.5) is 17.1 Å². The summed E-state index contributed by atoms with van der Waals surface area (Å²) < 4.78 is 0.916. The summed E-state index contributed by atoms with van der Waals surface area (Å²) in [5, 5.41) is 8.64. The zero-order chi connectivity index (χ0) is 16.4. The SMILES string of the molecule is CC(=O)Nc1ccc(NC=C2C(=O)Nc3cc(Br)ccc32)cc1. The van der Waals surface area contributed by atoms with Crippen molar-refractivity contribution in [2.24, 2.45) is 0 Å². The Morgan fingerprint density at radius 2 is 1.83 bits per heavy atom. The van der Waals surface area contributed by atoms with Crippen molar-refractivity contribution in [1.82, 2.24) is 0 Å². The molecule has 0 spiro atoms. The maximum absolute atomic E-state index is 12.1. The van der Waals surface area contributed by atoms with E-state index in [1.807, 2.05) is 30.3 Å². The van der Waals surface area contributed by atoms with Crippen LogP contribution < -0.4 is 16.0 Å². The van der Waals surface area contributed by atoms with E-state index in [0.717, 1.165) is 27.1 Å². The van der Waals surface area contributed by atoms with Crippen LogP contribution in [0.25, 0.3) is 5.57 Å². The number of carbonyl (C=O) groups is 2. The van der Waals surface area contributed by atoms with Crippen LogP contribution in [0.1, 0.15) is 12.5 Å². The summed E-state index contributed by atoms with van der Waals surface area (Å²) in [6, 6.07) is 12.9. The van der Waals surface area contributed by atoms with Crippen LogP contribution >= 0.6 is 15.9 Å². The standard InChI is InChI=1S/C17H14BrN3O2/c1-10(22)20-13-5-3-12(4-6-13)19-9-15-14-7-2-11(18)8-16(14)21-17(15)23/h2-9,19H,1H3,(H,20,22)(H,21,23). The normalized spacial score (nSPS) is 14.3. The summed E-state index contributed by atoms with van der Waals surface area (Å²) in [5.41, 5.74) is 3.78. The molecule has 0 radical (unpaired) electrons. The molecule has 2 aromatic rings. The van der Waals surface area contributed by atoms with Crippen LogP contribution in [0, 0.1) is 0 Å². The fraction of sp³-hybridized carbons (Fsp3) is 0.0588. The minimum absolute atomic E-state index is 0.113. The molecule has 1 aliphatic rings. The van der Waals surface area contributed by atoms with Gasteiger partial charge in [-0.1, -0.05) is 22.0 Å². The van der Waals surface area contributed by atoms with Gasteiger partial charge in [0, 0.05) is 34.5 Å². The number of nitrogens with one attached hydrogen (secondary N) is 3. The Kier molecular flexibility index (Phi) is 4.16. The van der Waals surface area contributed by atoms with Gasteiger partial charge in [0.25, 0.3) is 5.91 Å². The van der Waals surface area contributed by atoms with E-state index in [4.69, 9.17) is 0 Å². The second-order valence-corrected chi connectivity index (χ2v) is 6.02. The van der Waals surface area contributed by atoms with Gasteiger partial charge in [0.2, 0.25) is 5.91 Å². The molecule has 0 fully saturated rings. The van der Waals surface area contributed by atoms with Gasteiger partial charge in [-0.3, -0.25) is 9.59 Å². The van der Waals surface area contributed by atoms with Gasteiger partial charge in [0.05, 0.1) is 11.3 Å². The number of hydrogen-bond donors (Lipinski definition) is 3. The van der Waals surface area contributed by atoms with E-state index < -0.39 is 0 Å². The molecule has 0 aromatic heterocycles. The Morgan fingerprint density at radius 3 is 2.52 bits per heavy atom. The summed E-state index contributed by atoms with van der Waals surface area (Å²) in [6.45, 7) is 1.46. The lowest BCUT2D eigenvalue weighted by Gasteiger charge is -2.05. The molecule has 0 saturated heterocycles. The van der Waals surface area contributed by atoms with Crippen molar-refractivity contribution < 1.29 is 9.59 Å². The second kappa shape index (κ2) is 6.26. The number of halogens is 1. The van der Waals surface area contributed by atoms with Crippen molar-refractivity contribution in [3.05, 3.63) is 58.7 Å². The van der Waals surface area contributed by atoms with Gasteiger partial charge in [-0.15, -0.1) is 0 Å². The predicted octanol–water partition coefficient (Wildman–Crippen LogP) is 3.81. The fourth-order valence-electron chi connectivity index (χ4n) is 2.32. The number of hydrogen-bond acceptors (Lipinski definition) is 3. The van der Waals surface area contributed by atoms with E-state index in [1.165, 1.54) is 6.92 Å². The smallest absolute Gasteiger partial charge is 0.257 e. The Morgan fingerprint density at radius 1 is 1.13 bits per heavy atom. The van der Waals surface area contributed by atoms with Gasteiger partial charge in [0.1, 0.15) is 0 Å². The van der Waals surface area contributed by atoms with Gasteiger partial charge in [-0.25, -0.2) is 0 Å². The summed E-state index contributed by atoms with van der Waals surface area (Å²) >= 11 is 3.39. The van der Waals surface area contributed by atoms with Crippen molar-refractivity contribution in [1.29, 1.82) is 0 Å². The number of benzene rings is 2. The molecule has 0 saturated carbocycles. The van der Waals surface area contributed by atoms with E-state index in [2.05, 4.69) is 31.9 Å². The summed E-state index contributed by atoms with van der Waals surface area (Å²) in [7, 11) is 0. The second-order valence-electron chi connectivity index (χ2n) is 5.10. The van der Waals surface area contributed by atoms with Gasteiger partial charge < -0.3 is 16.0 Å². The minimum atomic E-state index is -0.138. The van der Waals surface area contributed by atoms with Gasteiger partial charge in [-0.05, 0) is 36.4 Å². The Bertz CT molecular complexity index is 813. The number of fused-ring (bicyclic) bond motifs is 1. The van der Waals surface area contributed by atoms with E-state index in [0.29, 0.717) is 5.57 Å². The third kappa shape index (κ3) is 3.43. The van der Waals surface area contributed by atoms with Crippen molar-refractivity contribution in [2.45, 2.75) is 6.92 Å². The molecule has 1 aliphatic heterocycles. The molecule has 6 heteroatoms. The zero-order valence-corrected chi connectivity index (χ0v) is 13.9. The Labute approximate surface area is 141 Å². The summed E-state index contributed by atoms with van der Waals surface area (Å²) in [5.74, 6) is -0.251. The first kappa shape index (κ1) is 15.3. The zero-order valence-electron chi connectivity index (χ0n) is 12.3. The molecule has 2 aromatic carbocycles. The molecule has 0 atom stereocenters. The predicted molar refractivity (Wildman–Crippen MR) is 95.1 cm³/mol. The lowest BCUT2D eigenvalue weighted by Crippen LogP contribution is -2.06. The molecule has 1 heterocycles. The first-order valence-corrected chi connectivity index (χ1v) is 7.78. The molecule has 0 aliphatic carbocycles. The molecule has 0 unspecified atom stereocenters. The van der Waals surface area contributed by atoms with Crippen LogP contribution in [0.3, 0.4) is 0 Å². The number of anilines is 3. The summed E-state index contributed by atoms with van der Waals surface area (Å²) in [4.78, 5) is 23.0. The molecule has 5 nitrogen and oxygen atoms in total. The topological polar surface area (TPSA) is 70.2 Å². The van der Waals surface area contributed by atoms with E-state index in [9.17, 15) is 9.59 Å². The maximum Gasteiger partial charge on any atom is 0.257 e. The average molecular weight is 372 g/mol. The fourth-order valence-corrected chi connectivity index (χ4v) is 2.68. The van der Waals surface area contributed by atoms with Crippen molar-refractivity contribution in [2.75, 3.05) is 16.0 Å². The molecule has 23 heavy (non-hydrogen) atoms. The van der Waals surface area contributed by atoms with E-state index in [-0.39, 0.29) is 11.8 Å². The molecule has 116 valence electrons. The molecule has 3 N–H and O–H groups in total. The lowest BCUT2D eigenvalue weighted by molar-refractivity contribution is -0.114. The third-order valence-corrected chi connectivity index (χ3v) is 3.85. The van der Waals surface area contributed by atoms with E-state index in [1.54, 1.807) is 18.3 Å². The Hall–Kier alpha value is -2.60. The van der Waals surface area contributed by atoms with Crippen molar-refractivity contribution in [3.8, 4) is 0 Å². The summed E-state index contributed by atoms with van der Waals surface area (Å²) in [6.07, 6.45) is 1.68. The Balaban J connectivity index is 1.78. The van der Waals surface area contributed by atoms with E-state index >= 15 is 0 Å². The van der Waals surface area contributed by atoms with Crippen LogP contribution in [-0.4, -0.2) is 11.8 Å². The first-order chi connectivity index (χ1) is 11.0. The molecule has 2 amide bonds. The number of rotatable bonds is 3. The molecule has 3 rings (SSSR count). The maximum atomic E-state index is 12.1. The lowest BCUT2D eigenvalue weighted by atomic mass is 10.1. The van der Waals surface area contributed by atoms with Gasteiger partial charge in [-0.2, -0.15) is 0 Å². The highest BCUT2D eigenvalue weighted by atomic mass is 79.9. The highest BCUT2D eigenvalue weighted by Crippen LogP contribution is 2.33. The minimum Gasteiger partial charge on any atom is -0.361 e. The van der Waals surface area contributed by atoms with Crippen LogP contribution in [0.5, 0.6) is 0 Å². The quantitative estimate of drug-likeness (QED) is 0.718. The molecular formula is C17H14BrN3O2.